The Hall–Kier alpha value is -1.35. The molecule has 80 valence electrons. The van der Waals surface area contributed by atoms with Crippen LogP contribution >= 0.6 is 0 Å². The van der Waals surface area contributed by atoms with Crippen molar-refractivity contribution >= 4 is 5.90 Å². The van der Waals surface area contributed by atoms with Crippen LogP contribution in [0.2, 0.25) is 0 Å². The summed E-state index contributed by atoms with van der Waals surface area (Å²) in [6, 6.07) is 8.24. The van der Waals surface area contributed by atoms with E-state index >= 15 is 0 Å². The molecule has 0 radical (unpaired) electrons. The number of rotatable bonds is 3. The monoisotopic (exact) mass is 205 g/mol. The summed E-state index contributed by atoms with van der Waals surface area (Å²) < 4.78 is 5.45. The van der Waals surface area contributed by atoms with Crippen LogP contribution in [0.25, 0.3) is 0 Å². The van der Waals surface area contributed by atoms with E-state index in [1.165, 1.54) is 0 Å². The maximum atomic E-state index is 8.79. The minimum atomic E-state index is 0.188. The summed E-state index contributed by atoms with van der Waals surface area (Å²) in [7, 11) is 0. The van der Waals surface area contributed by atoms with Gasteiger partial charge in [0.1, 0.15) is 6.61 Å². The summed E-state index contributed by atoms with van der Waals surface area (Å²) >= 11 is 0. The predicted octanol–water partition coefficient (Wildman–Crippen LogP) is 1.39. The molecule has 1 atom stereocenters. The largest absolute Gasteiger partial charge is 0.475 e. The lowest BCUT2D eigenvalue weighted by molar-refractivity contribution is 0.299. The van der Waals surface area contributed by atoms with Crippen LogP contribution in [0, 0.1) is 0 Å². The van der Waals surface area contributed by atoms with Gasteiger partial charge in [0, 0.05) is 12.2 Å². The highest BCUT2D eigenvalue weighted by Gasteiger charge is 2.15. The normalized spacial score (nSPS) is 19.9. The highest BCUT2D eigenvalue weighted by atomic mass is 16.5. The number of aliphatic hydroxyl groups is 1. The van der Waals surface area contributed by atoms with Crippen molar-refractivity contribution in [1.29, 1.82) is 0 Å². The highest BCUT2D eigenvalue weighted by Crippen LogP contribution is 2.12. The van der Waals surface area contributed by atoms with Crippen molar-refractivity contribution in [3.8, 4) is 0 Å². The van der Waals surface area contributed by atoms with E-state index in [0.717, 1.165) is 17.0 Å². The zero-order valence-corrected chi connectivity index (χ0v) is 8.81. The zero-order valence-electron chi connectivity index (χ0n) is 8.81. The molecule has 15 heavy (non-hydrogen) atoms. The van der Waals surface area contributed by atoms with E-state index in [2.05, 4.69) is 4.99 Å². The topological polar surface area (TPSA) is 41.8 Å². The van der Waals surface area contributed by atoms with Crippen LogP contribution in [0.1, 0.15) is 18.1 Å². The fourth-order valence-corrected chi connectivity index (χ4v) is 1.58. The second-order valence-electron chi connectivity index (χ2n) is 3.76. The van der Waals surface area contributed by atoms with Gasteiger partial charge in [0.2, 0.25) is 5.90 Å². The summed E-state index contributed by atoms with van der Waals surface area (Å²) in [5, 5.41) is 8.79. The molecule has 0 spiro atoms. The Morgan fingerprint density at radius 2 is 2.13 bits per heavy atom. The Balaban J connectivity index is 2.13. The second kappa shape index (κ2) is 4.45. The molecule has 1 aromatic carbocycles. The molecule has 1 aliphatic heterocycles. The Bertz CT molecular complexity index is 356. The molecule has 0 amide bonds. The van der Waals surface area contributed by atoms with E-state index in [9.17, 15) is 0 Å². The van der Waals surface area contributed by atoms with Crippen molar-refractivity contribution in [2.45, 2.75) is 19.4 Å². The number of hydrogen-bond donors (Lipinski definition) is 1. The van der Waals surface area contributed by atoms with Crippen molar-refractivity contribution in [1.82, 2.24) is 0 Å². The van der Waals surface area contributed by atoms with E-state index in [-0.39, 0.29) is 12.6 Å². The average molecular weight is 205 g/mol. The van der Waals surface area contributed by atoms with E-state index < -0.39 is 0 Å². The van der Waals surface area contributed by atoms with Gasteiger partial charge in [0.25, 0.3) is 0 Å². The molecule has 0 aromatic heterocycles. The van der Waals surface area contributed by atoms with Crippen molar-refractivity contribution in [3.63, 3.8) is 0 Å². The summed E-state index contributed by atoms with van der Waals surface area (Å²) in [4.78, 5) is 4.38. The first kappa shape index (κ1) is 10.2. The van der Waals surface area contributed by atoms with Gasteiger partial charge in [-0.1, -0.05) is 12.1 Å². The molecule has 1 heterocycles. The van der Waals surface area contributed by atoms with Crippen molar-refractivity contribution < 1.29 is 9.84 Å². The van der Waals surface area contributed by atoms with Crippen LogP contribution in [0.15, 0.2) is 29.3 Å². The molecule has 2 rings (SSSR count). The van der Waals surface area contributed by atoms with E-state index in [1.54, 1.807) is 0 Å². The maximum Gasteiger partial charge on any atom is 0.216 e. The predicted molar refractivity (Wildman–Crippen MR) is 59.2 cm³/mol. The van der Waals surface area contributed by atoms with Gasteiger partial charge in [0.15, 0.2) is 0 Å². The van der Waals surface area contributed by atoms with Gasteiger partial charge in [-0.05, 0) is 31.0 Å². The van der Waals surface area contributed by atoms with E-state index in [4.69, 9.17) is 9.84 Å². The fourth-order valence-electron chi connectivity index (χ4n) is 1.58. The molecule has 0 saturated heterocycles. The van der Waals surface area contributed by atoms with Gasteiger partial charge in [-0.15, -0.1) is 0 Å². The van der Waals surface area contributed by atoms with Crippen molar-refractivity contribution in [2.24, 2.45) is 4.99 Å². The SMILES string of the molecule is CC1COC(c2ccc(CCO)cc2)=N1. The van der Waals surface area contributed by atoms with E-state index in [0.29, 0.717) is 13.0 Å². The smallest absolute Gasteiger partial charge is 0.216 e. The summed E-state index contributed by atoms with van der Waals surface area (Å²) in [5.74, 6) is 0.734. The average Bonchev–Trinajstić information content (AvgIpc) is 2.67. The standard InChI is InChI=1S/C12H15NO2/c1-9-8-15-12(13-9)11-4-2-10(3-5-11)6-7-14/h2-5,9,14H,6-8H2,1H3. The Kier molecular flexibility index (Phi) is 3.02. The van der Waals surface area contributed by atoms with Crippen LogP contribution in [0.3, 0.4) is 0 Å². The summed E-state index contributed by atoms with van der Waals surface area (Å²) in [6.45, 7) is 2.90. The molecule has 0 fully saturated rings. The first-order valence-electron chi connectivity index (χ1n) is 5.20. The molecule has 1 aromatic rings. The second-order valence-corrected chi connectivity index (χ2v) is 3.76. The first-order valence-corrected chi connectivity index (χ1v) is 5.20. The van der Waals surface area contributed by atoms with Crippen LogP contribution in [0.4, 0.5) is 0 Å². The molecule has 3 heteroatoms. The van der Waals surface area contributed by atoms with Gasteiger partial charge >= 0.3 is 0 Å². The van der Waals surface area contributed by atoms with Gasteiger partial charge < -0.3 is 9.84 Å². The number of ether oxygens (including phenoxy) is 1. The Morgan fingerprint density at radius 3 is 2.67 bits per heavy atom. The minimum Gasteiger partial charge on any atom is -0.475 e. The third kappa shape index (κ3) is 2.36. The minimum absolute atomic E-state index is 0.188. The van der Waals surface area contributed by atoms with Gasteiger partial charge in [0.05, 0.1) is 6.04 Å². The van der Waals surface area contributed by atoms with E-state index in [1.807, 2.05) is 31.2 Å². The lowest BCUT2D eigenvalue weighted by Crippen LogP contribution is -2.02. The number of aliphatic hydroxyl groups excluding tert-OH is 1. The van der Waals surface area contributed by atoms with Crippen molar-refractivity contribution in [3.05, 3.63) is 35.4 Å². The van der Waals surface area contributed by atoms with Gasteiger partial charge in [-0.3, -0.25) is 0 Å². The van der Waals surface area contributed by atoms with Gasteiger partial charge in [-0.25, -0.2) is 4.99 Å². The molecular weight excluding hydrogens is 190 g/mol. The number of aliphatic imine (C=N–C) groups is 1. The Morgan fingerprint density at radius 1 is 1.40 bits per heavy atom. The molecular formula is C12H15NO2. The van der Waals surface area contributed by atoms with Crippen molar-refractivity contribution in [2.75, 3.05) is 13.2 Å². The molecule has 1 unspecified atom stereocenters. The highest BCUT2D eigenvalue weighted by molar-refractivity contribution is 5.95. The number of benzene rings is 1. The number of nitrogens with zero attached hydrogens (tertiary/aromatic N) is 1. The third-order valence-corrected chi connectivity index (χ3v) is 2.40. The Labute approximate surface area is 89.4 Å². The molecule has 0 saturated carbocycles. The third-order valence-electron chi connectivity index (χ3n) is 2.40. The van der Waals surface area contributed by atoms with Crippen LogP contribution in [-0.4, -0.2) is 30.3 Å². The summed E-state index contributed by atoms with van der Waals surface area (Å²) in [6.07, 6.45) is 0.698. The lowest BCUT2D eigenvalue weighted by Gasteiger charge is -2.02. The summed E-state index contributed by atoms with van der Waals surface area (Å²) in [5.41, 5.74) is 2.15. The van der Waals surface area contributed by atoms with Crippen LogP contribution in [-0.2, 0) is 11.2 Å². The zero-order chi connectivity index (χ0) is 10.7. The molecule has 0 bridgehead atoms. The molecule has 3 nitrogen and oxygen atoms in total. The lowest BCUT2D eigenvalue weighted by atomic mass is 10.1. The molecule has 1 N–H and O–H groups in total. The van der Waals surface area contributed by atoms with Gasteiger partial charge in [-0.2, -0.15) is 0 Å². The quantitative estimate of drug-likeness (QED) is 0.810. The first-order chi connectivity index (χ1) is 7.29. The fraction of sp³-hybridized carbons (Fsp3) is 0.417. The number of hydrogen-bond acceptors (Lipinski definition) is 3. The van der Waals surface area contributed by atoms with Crippen LogP contribution < -0.4 is 0 Å². The molecule has 0 aliphatic carbocycles. The van der Waals surface area contributed by atoms with Crippen LogP contribution in [0.5, 0.6) is 0 Å². The maximum absolute atomic E-state index is 8.79. The molecule has 1 aliphatic rings.